The van der Waals surface area contributed by atoms with Crippen molar-refractivity contribution in [2.45, 2.75) is 52.4 Å². The van der Waals surface area contributed by atoms with Crippen LogP contribution >= 0.6 is 0 Å². The second-order valence-electron chi connectivity index (χ2n) is 6.64. The number of carbonyl (C=O) groups excluding carboxylic acids is 2. The molecule has 1 unspecified atom stereocenters. The summed E-state index contributed by atoms with van der Waals surface area (Å²) in [5, 5.41) is 0. The maximum Gasteiger partial charge on any atom is 0.411 e. The molecule has 0 bridgehead atoms. The molecular weight excluding hydrogens is 350 g/mol. The Labute approximate surface area is 150 Å². The molecule has 0 aromatic carbocycles. The molecule has 0 saturated carbocycles. The van der Waals surface area contributed by atoms with Crippen LogP contribution in [0.2, 0.25) is 0 Å². The van der Waals surface area contributed by atoms with Crippen LogP contribution in [0.5, 0.6) is 5.88 Å². The molecule has 7 nitrogen and oxygen atoms in total. The van der Waals surface area contributed by atoms with Gasteiger partial charge in [0.05, 0.1) is 12.3 Å². The predicted molar refractivity (Wildman–Crippen MR) is 86.9 cm³/mol. The minimum Gasteiger partial charge on any atom is -0.464 e. The Bertz CT molecular complexity index is 676. The summed E-state index contributed by atoms with van der Waals surface area (Å²) < 4.78 is 39.5. The number of rotatable bonds is 4. The highest BCUT2D eigenvalue weighted by Crippen LogP contribution is 2.32. The number of amides is 1. The standard InChI is InChI=1S/C17H22F2N2O5/c1-5-24-14(22)13-10-6-7-12(25-15(18)19)20-11(10)8-9-21(13)16(23)26-17(2,3)4/h6-7,13,15H,5,8-9H2,1-4H3. The Hall–Kier alpha value is -2.45. The minimum atomic E-state index is -3.00. The predicted octanol–water partition coefficient (Wildman–Crippen LogP) is 3.08. The first-order valence-corrected chi connectivity index (χ1v) is 8.23. The van der Waals surface area contributed by atoms with Crippen LogP contribution in [0.4, 0.5) is 13.6 Å². The average molecular weight is 372 g/mol. The van der Waals surface area contributed by atoms with E-state index in [9.17, 15) is 18.4 Å². The lowest BCUT2D eigenvalue weighted by Crippen LogP contribution is -2.46. The summed E-state index contributed by atoms with van der Waals surface area (Å²) >= 11 is 0. The fourth-order valence-corrected chi connectivity index (χ4v) is 2.61. The summed E-state index contributed by atoms with van der Waals surface area (Å²) in [6.45, 7) is 4.08. The van der Waals surface area contributed by atoms with Gasteiger partial charge in [0.15, 0.2) is 6.04 Å². The normalized spacial score (nSPS) is 16.9. The van der Waals surface area contributed by atoms with E-state index >= 15 is 0 Å². The largest absolute Gasteiger partial charge is 0.464 e. The van der Waals surface area contributed by atoms with Crippen LogP contribution in [0.1, 0.15) is 45.0 Å². The van der Waals surface area contributed by atoms with Crippen LogP contribution < -0.4 is 4.74 Å². The maximum atomic E-state index is 12.5. The second kappa shape index (κ2) is 7.84. The molecule has 26 heavy (non-hydrogen) atoms. The van der Waals surface area contributed by atoms with Gasteiger partial charge in [-0.05, 0) is 33.8 Å². The number of alkyl halides is 2. The monoisotopic (exact) mass is 372 g/mol. The van der Waals surface area contributed by atoms with Gasteiger partial charge >= 0.3 is 18.7 Å². The zero-order valence-corrected chi connectivity index (χ0v) is 15.1. The molecule has 2 heterocycles. The van der Waals surface area contributed by atoms with E-state index < -0.39 is 30.3 Å². The molecule has 0 saturated heterocycles. The SMILES string of the molecule is CCOC(=O)C1c2ccc(OC(F)F)nc2CCN1C(=O)OC(C)(C)C. The van der Waals surface area contributed by atoms with E-state index in [4.69, 9.17) is 9.47 Å². The molecule has 1 aliphatic rings. The average Bonchev–Trinajstić information content (AvgIpc) is 2.51. The third-order valence-corrected chi connectivity index (χ3v) is 3.53. The van der Waals surface area contributed by atoms with E-state index in [0.29, 0.717) is 11.3 Å². The van der Waals surface area contributed by atoms with Gasteiger partial charge in [-0.1, -0.05) is 0 Å². The van der Waals surface area contributed by atoms with E-state index in [1.807, 2.05) is 0 Å². The molecule has 0 radical (unpaired) electrons. The number of halogens is 2. The first-order valence-electron chi connectivity index (χ1n) is 8.23. The fraction of sp³-hybridized carbons (Fsp3) is 0.588. The third-order valence-electron chi connectivity index (χ3n) is 3.53. The molecule has 0 aliphatic carbocycles. The number of nitrogens with zero attached hydrogens (tertiary/aromatic N) is 2. The quantitative estimate of drug-likeness (QED) is 0.756. The summed E-state index contributed by atoms with van der Waals surface area (Å²) in [5.41, 5.74) is 0.0761. The molecule has 0 N–H and O–H groups in total. The van der Waals surface area contributed by atoms with Gasteiger partial charge in [-0.25, -0.2) is 14.6 Å². The molecule has 9 heteroatoms. The van der Waals surface area contributed by atoms with Gasteiger partial charge in [0, 0.05) is 24.6 Å². The van der Waals surface area contributed by atoms with Crippen molar-refractivity contribution >= 4 is 12.1 Å². The highest BCUT2D eigenvalue weighted by molar-refractivity contribution is 5.84. The minimum absolute atomic E-state index is 0.132. The Kier molecular flexibility index (Phi) is 5.99. The highest BCUT2D eigenvalue weighted by Gasteiger charge is 2.39. The van der Waals surface area contributed by atoms with Crippen LogP contribution in [0, 0.1) is 0 Å². The Morgan fingerprint density at radius 3 is 2.62 bits per heavy atom. The number of carbonyl (C=O) groups is 2. The topological polar surface area (TPSA) is 78.0 Å². The summed E-state index contributed by atoms with van der Waals surface area (Å²) in [5.74, 6) is -0.879. The molecule has 1 atom stereocenters. The van der Waals surface area contributed by atoms with Crippen molar-refractivity contribution in [1.82, 2.24) is 9.88 Å². The summed E-state index contributed by atoms with van der Waals surface area (Å²) in [4.78, 5) is 30.3. The van der Waals surface area contributed by atoms with Crippen molar-refractivity contribution in [3.05, 3.63) is 23.4 Å². The summed E-state index contributed by atoms with van der Waals surface area (Å²) in [6, 6.07) is 1.62. The summed E-state index contributed by atoms with van der Waals surface area (Å²) in [7, 11) is 0. The van der Waals surface area contributed by atoms with Crippen LogP contribution in [0.15, 0.2) is 12.1 Å². The molecule has 2 rings (SSSR count). The molecular formula is C17H22F2N2O5. The van der Waals surface area contributed by atoms with E-state index in [-0.39, 0.29) is 25.5 Å². The fourth-order valence-electron chi connectivity index (χ4n) is 2.61. The zero-order valence-electron chi connectivity index (χ0n) is 15.1. The van der Waals surface area contributed by atoms with Gasteiger partial charge in [0.1, 0.15) is 5.60 Å². The van der Waals surface area contributed by atoms with Crippen LogP contribution in [-0.2, 0) is 20.7 Å². The maximum absolute atomic E-state index is 12.5. The first-order chi connectivity index (χ1) is 12.1. The Morgan fingerprint density at radius 1 is 1.35 bits per heavy atom. The van der Waals surface area contributed by atoms with Gasteiger partial charge in [-0.3, -0.25) is 4.90 Å². The molecule has 0 fully saturated rings. The van der Waals surface area contributed by atoms with Gasteiger partial charge in [0.2, 0.25) is 5.88 Å². The molecule has 1 amide bonds. The molecule has 1 aliphatic heterocycles. The molecule has 1 aromatic rings. The zero-order chi connectivity index (χ0) is 19.5. The van der Waals surface area contributed by atoms with Crippen molar-refractivity contribution in [2.75, 3.05) is 13.2 Å². The van der Waals surface area contributed by atoms with Gasteiger partial charge < -0.3 is 14.2 Å². The van der Waals surface area contributed by atoms with Gasteiger partial charge in [0.25, 0.3) is 0 Å². The van der Waals surface area contributed by atoms with Crippen LogP contribution in [-0.4, -0.2) is 47.3 Å². The lowest BCUT2D eigenvalue weighted by Gasteiger charge is -2.36. The highest BCUT2D eigenvalue weighted by atomic mass is 19.3. The molecule has 1 aromatic heterocycles. The smallest absolute Gasteiger partial charge is 0.411 e. The van der Waals surface area contributed by atoms with Crippen LogP contribution in [0.3, 0.4) is 0 Å². The number of esters is 1. The summed E-state index contributed by atoms with van der Waals surface area (Å²) in [6.07, 6.45) is -0.389. The lowest BCUT2D eigenvalue weighted by atomic mass is 9.97. The van der Waals surface area contributed by atoms with E-state index in [0.717, 1.165) is 0 Å². The van der Waals surface area contributed by atoms with E-state index in [2.05, 4.69) is 9.72 Å². The van der Waals surface area contributed by atoms with Crippen LogP contribution in [0.25, 0.3) is 0 Å². The van der Waals surface area contributed by atoms with Crippen molar-refractivity contribution in [2.24, 2.45) is 0 Å². The number of aromatic nitrogens is 1. The van der Waals surface area contributed by atoms with Gasteiger partial charge in [-0.15, -0.1) is 0 Å². The molecule has 0 spiro atoms. The van der Waals surface area contributed by atoms with Crippen molar-refractivity contribution in [3.63, 3.8) is 0 Å². The third kappa shape index (κ3) is 4.80. The second-order valence-corrected chi connectivity index (χ2v) is 6.64. The van der Waals surface area contributed by atoms with Crippen molar-refractivity contribution < 1.29 is 32.6 Å². The number of pyridine rings is 1. The lowest BCUT2D eigenvalue weighted by molar-refractivity contribution is -0.150. The van der Waals surface area contributed by atoms with E-state index in [1.54, 1.807) is 27.7 Å². The first kappa shape index (κ1) is 19.9. The molecule has 144 valence electrons. The van der Waals surface area contributed by atoms with E-state index in [1.165, 1.54) is 17.0 Å². The number of hydrogen-bond acceptors (Lipinski definition) is 6. The number of ether oxygens (including phenoxy) is 3. The Morgan fingerprint density at radius 2 is 2.04 bits per heavy atom. The number of hydrogen-bond donors (Lipinski definition) is 0. The number of fused-ring (bicyclic) bond motifs is 1. The van der Waals surface area contributed by atoms with Crippen molar-refractivity contribution in [1.29, 1.82) is 0 Å². The Balaban J connectivity index is 2.36. The van der Waals surface area contributed by atoms with Crippen molar-refractivity contribution in [3.8, 4) is 5.88 Å². The van der Waals surface area contributed by atoms with Gasteiger partial charge in [-0.2, -0.15) is 8.78 Å².